The van der Waals surface area contributed by atoms with Gasteiger partial charge in [-0.25, -0.2) is 0 Å². The predicted molar refractivity (Wildman–Crippen MR) is 108 cm³/mol. The highest BCUT2D eigenvalue weighted by atomic mass is 19.4. The Labute approximate surface area is 176 Å². The number of esters is 1. The van der Waals surface area contributed by atoms with Crippen LogP contribution in [-0.4, -0.2) is 28.0 Å². The molecule has 6 nitrogen and oxygen atoms in total. The molecule has 3 aromatic rings. The van der Waals surface area contributed by atoms with Gasteiger partial charge >= 0.3 is 12.1 Å². The second-order valence-electron chi connectivity index (χ2n) is 8.22. The van der Waals surface area contributed by atoms with Gasteiger partial charge in [-0.1, -0.05) is 30.3 Å². The molecule has 0 radical (unpaired) electrons. The Morgan fingerprint density at radius 1 is 1.03 bits per heavy atom. The van der Waals surface area contributed by atoms with Crippen LogP contribution >= 0.6 is 0 Å². The van der Waals surface area contributed by atoms with Crippen LogP contribution in [0.3, 0.4) is 0 Å². The predicted octanol–water partition coefficient (Wildman–Crippen LogP) is 5.09. The number of nitrogens with zero attached hydrogens (tertiary/aromatic N) is 1. The fourth-order valence-corrected chi connectivity index (χ4v) is 3.55. The van der Waals surface area contributed by atoms with Crippen LogP contribution in [-0.2, 0) is 21.1 Å². The lowest BCUT2D eigenvalue weighted by Gasteiger charge is -2.32. The van der Waals surface area contributed by atoms with Crippen LogP contribution in [0.5, 0.6) is 0 Å². The van der Waals surface area contributed by atoms with E-state index in [-0.39, 0.29) is 11.1 Å². The van der Waals surface area contributed by atoms with Crippen LogP contribution in [0.4, 0.5) is 13.2 Å². The molecule has 0 unspecified atom stereocenters. The third-order valence-electron chi connectivity index (χ3n) is 4.87. The molecule has 0 saturated carbocycles. The number of aromatic nitrogens is 1. The van der Waals surface area contributed by atoms with Crippen LogP contribution in [0.1, 0.15) is 37.5 Å². The SMILES string of the molecule is CC(C)(C)OC(=O)[C@@](C[N+](=O)[O-])(c1ccc(C(F)(F)F)cc1)c1c[nH]c2ccccc12. The number of rotatable bonds is 5. The number of hydrogen-bond acceptors (Lipinski definition) is 4. The molecule has 0 bridgehead atoms. The summed E-state index contributed by atoms with van der Waals surface area (Å²) in [5, 5.41) is 12.3. The molecule has 164 valence electrons. The number of carbonyl (C=O) groups is 1. The van der Waals surface area contributed by atoms with Crippen molar-refractivity contribution >= 4 is 16.9 Å². The molecule has 0 aliphatic rings. The monoisotopic (exact) mass is 434 g/mol. The quantitative estimate of drug-likeness (QED) is 0.344. The average molecular weight is 434 g/mol. The summed E-state index contributed by atoms with van der Waals surface area (Å²) in [5.41, 5.74) is -2.93. The number of para-hydroxylation sites is 1. The fourth-order valence-electron chi connectivity index (χ4n) is 3.55. The molecular formula is C22H21F3N2O4. The average Bonchev–Trinajstić information content (AvgIpc) is 3.08. The van der Waals surface area contributed by atoms with Crippen molar-refractivity contribution < 1.29 is 27.6 Å². The molecular weight excluding hydrogens is 413 g/mol. The molecule has 1 heterocycles. The standard InChI is InChI=1S/C22H21F3N2O4/c1-20(2,3)31-19(28)21(13-27(29)30,14-8-10-15(11-9-14)22(23,24)25)17-12-26-18-7-5-4-6-16(17)18/h4-12,26H,13H2,1-3H3/t21-/m0/s1. The van der Waals surface area contributed by atoms with Gasteiger partial charge in [-0.2, -0.15) is 13.2 Å². The van der Waals surface area contributed by atoms with Crippen LogP contribution in [0.25, 0.3) is 10.9 Å². The molecule has 0 aliphatic carbocycles. The van der Waals surface area contributed by atoms with E-state index in [4.69, 9.17) is 4.74 Å². The molecule has 9 heteroatoms. The number of alkyl halides is 3. The summed E-state index contributed by atoms with van der Waals surface area (Å²) in [4.78, 5) is 27.5. The highest BCUT2D eigenvalue weighted by Crippen LogP contribution is 2.40. The van der Waals surface area contributed by atoms with Crippen molar-refractivity contribution in [3.8, 4) is 0 Å². The minimum atomic E-state index is -4.59. The van der Waals surface area contributed by atoms with E-state index < -0.39 is 40.2 Å². The number of fused-ring (bicyclic) bond motifs is 1. The lowest BCUT2D eigenvalue weighted by Crippen LogP contribution is -2.47. The number of hydrogen-bond donors (Lipinski definition) is 1. The molecule has 0 fully saturated rings. The van der Waals surface area contributed by atoms with Crippen molar-refractivity contribution in [2.75, 3.05) is 6.54 Å². The zero-order valence-corrected chi connectivity index (χ0v) is 17.1. The van der Waals surface area contributed by atoms with E-state index in [0.717, 1.165) is 24.3 Å². The Balaban J connectivity index is 2.32. The van der Waals surface area contributed by atoms with Gasteiger partial charge in [0.05, 0.1) is 5.56 Å². The smallest absolute Gasteiger partial charge is 0.416 e. The summed E-state index contributed by atoms with van der Waals surface area (Å²) in [7, 11) is 0. The van der Waals surface area contributed by atoms with E-state index in [1.54, 1.807) is 45.0 Å². The number of H-pyrrole nitrogens is 1. The maximum absolute atomic E-state index is 13.5. The first kappa shape index (κ1) is 22.3. The molecule has 1 aromatic heterocycles. The summed E-state index contributed by atoms with van der Waals surface area (Å²) in [5.74, 6) is -0.916. The van der Waals surface area contributed by atoms with E-state index in [1.165, 1.54) is 6.20 Å². The number of benzene rings is 2. The Hall–Kier alpha value is -3.36. The zero-order valence-electron chi connectivity index (χ0n) is 17.1. The highest BCUT2D eigenvalue weighted by Gasteiger charge is 2.51. The summed E-state index contributed by atoms with van der Waals surface area (Å²) >= 11 is 0. The molecule has 3 rings (SSSR count). The van der Waals surface area contributed by atoms with Gasteiger partial charge in [0.2, 0.25) is 6.54 Å². The van der Waals surface area contributed by atoms with E-state index >= 15 is 0 Å². The fraction of sp³-hybridized carbons (Fsp3) is 0.318. The summed E-state index contributed by atoms with van der Waals surface area (Å²) in [6.45, 7) is 3.95. The normalized spacial score (nSPS) is 14.3. The summed E-state index contributed by atoms with van der Waals surface area (Å²) in [6, 6.07) is 10.7. The molecule has 0 amide bonds. The maximum Gasteiger partial charge on any atom is 0.416 e. The van der Waals surface area contributed by atoms with Gasteiger partial charge in [-0.15, -0.1) is 0 Å². The lowest BCUT2D eigenvalue weighted by atomic mass is 9.73. The number of ether oxygens (including phenoxy) is 1. The Kier molecular flexibility index (Phi) is 5.56. The Morgan fingerprint density at radius 2 is 1.61 bits per heavy atom. The number of halogens is 3. The summed E-state index contributed by atoms with van der Waals surface area (Å²) < 4.78 is 44.8. The third-order valence-corrected chi connectivity index (χ3v) is 4.87. The van der Waals surface area contributed by atoms with Crippen LogP contribution in [0.2, 0.25) is 0 Å². The number of nitro groups is 1. The van der Waals surface area contributed by atoms with Gasteiger partial charge in [0.25, 0.3) is 0 Å². The largest absolute Gasteiger partial charge is 0.459 e. The van der Waals surface area contributed by atoms with Crippen molar-refractivity contribution in [2.45, 2.75) is 38.0 Å². The van der Waals surface area contributed by atoms with Gasteiger partial charge in [-0.3, -0.25) is 14.9 Å². The maximum atomic E-state index is 13.5. The Morgan fingerprint density at radius 3 is 2.16 bits per heavy atom. The number of nitrogens with one attached hydrogen (secondary N) is 1. The van der Waals surface area contributed by atoms with E-state index in [2.05, 4.69) is 4.98 Å². The van der Waals surface area contributed by atoms with Gasteiger partial charge < -0.3 is 9.72 Å². The van der Waals surface area contributed by atoms with E-state index in [0.29, 0.717) is 10.9 Å². The molecule has 0 spiro atoms. The van der Waals surface area contributed by atoms with Crippen molar-refractivity contribution in [3.05, 3.63) is 81.5 Å². The second-order valence-corrected chi connectivity index (χ2v) is 8.22. The molecule has 1 N–H and O–H groups in total. The second kappa shape index (κ2) is 7.72. The van der Waals surface area contributed by atoms with E-state index in [9.17, 15) is 28.1 Å². The zero-order chi connectivity index (χ0) is 23.0. The number of carbonyl (C=O) groups excluding carboxylic acids is 1. The van der Waals surface area contributed by atoms with Gasteiger partial charge in [-0.05, 0) is 44.5 Å². The molecule has 0 aliphatic heterocycles. The van der Waals surface area contributed by atoms with Crippen molar-refractivity contribution in [2.24, 2.45) is 0 Å². The van der Waals surface area contributed by atoms with Crippen LogP contribution < -0.4 is 0 Å². The first-order chi connectivity index (χ1) is 14.3. The first-order valence-electron chi connectivity index (χ1n) is 9.44. The van der Waals surface area contributed by atoms with Crippen molar-refractivity contribution in [1.82, 2.24) is 4.98 Å². The number of aromatic amines is 1. The van der Waals surface area contributed by atoms with Crippen LogP contribution in [0.15, 0.2) is 54.7 Å². The highest BCUT2D eigenvalue weighted by molar-refractivity contribution is 5.96. The molecule has 1 atom stereocenters. The van der Waals surface area contributed by atoms with Crippen molar-refractivity contribution in [1.29, 1.82) is 0 Å². The minimum absolute atomic E-state index is 0.0382. The minimum Gasteiger partial charge on any atom is -0.459 e. The third kappa shape index (κ3) is 4.40. The lowest BCUT2D eigenvalue weighted by molar-refractivity contribution is -0.486. The van der Waals surface area contributed by atoms with E-state index in [1.807, 2.05) is 0 Å². The van der Waals surface area contributed by atoms with Crippen molar-refractivity contribution in [3.63, 3.8) is 0 Å². The van der Waals surface area contributed by atoms with Gasteiger partial charge in [0, 0.05) is 27.6 Å². The first-order valence-corrected chi connectivity index (χ1v) is 9.44. The summed E-state index contributed by atoms with van der Waals surface area (Å²) in [6.07, 6.45) is -3.12. The van der Waals surface area contributed by atoms with Gasteiger partial charge in [0.15, 0.2) is 5.41 Å². The molecule has 0 saturated heterocycles. The van der Waals surface area contributed by atoms with Crippen LogP contribution in [0, 0.1) is 10.1 Å². The molecule has 31 heavy (non-hydrogen) atoms. The topological polar surface area (TPSA) is 85.2 Å². The van der Waals surface area contributed by atoms with Gasteiger partial charge in [0.1, 0.15) is 5.60 Å². The molecule has 2 aromatic carbocycles. The Bertz CT molecular complexity index is 1110.